The summed E-state index contributed by atoms with van der Waals surface area (Å²) in [4.78, 5) is 1.73. The topological polar surface area (TPSA) is 51.4 Å². The standard InChI is InChI=1S/C15H19ClN2O2S2/c1-10-13(15(2,3)4)21-14(18(10)5)17-22(19,20)12-8-6-11(16)7-9-12/h6-9H,1-5H3/b17-14+. The minimum atomic E-state index is -3.75. The maximum Gasteiger partial charge on any atom is 0.285 e. The van der Waals surface area contributed by atoms with Gasteiger partial charge in [0.1, 0.15) is 0 Å². The van der Waals surface area contributed by atoms with E-state index in [4.69, 9.17) is 11.6 Å². The van der Waals surface area contributed by atoms with Gasteiger partial charge in [0, 0.05) is 22.6 Å². The van der Waals surface area contributed by atoms with E-state index in [0.717, 1.165) is 10.6 Å². The van der Waals surface area contributed by atoms with Gasteiger partial charge in [-0.3, -0.25) is 0 Å². The molecule has 0 N–H and O–H groups in total. The highest BCUT2D eigenvalue weighted by atomic mass is 35.5. The molecule has 2 aromatic rings. The van der Waals surface area contributed by atoms with Crippen LogP contribution in [0.15, 0.2) is 33.6 Å². The zero-order valence-corrected chi connectivity index (χ0v) is 15.6. The average Bonchev–Trinajstić information content (AvgIpc) is 2.67. The Balaban J connectivity index is 2.61. The van der Waals surface area contributed by atoms with Gasteiger partial charge < -0.3 is 4.57 Å². The molecule has 1 aromatic heterocycles. The number of nitrogens with zero attached hydrogens (tertiary/aromatic N) is 2. The van der Waals surface area contributed by atoms with E-state index >= 15 is 0 Å². The van der Waals surface area contributed by atoms with E-state index < -0.39 is 10.0 Å². The number of thiazole rings is 1. The zero-order chi connectivity index (χ0) is 16.7. The Hall–Kier alpha value is -1.11. The van der Waals surface area contributed by atoms with Crippen molar-refractivity contribution in [3.05, 3.63) is 44.7 Å². The van der Waals surface area contributed by atoms with Crippen LogP contribution >= 0.6 is 22.9 Å². The first-order chi connectivity index (χ1) is 10.0. The Morgan fingerprint density at radius 3 is 2.18 bits per heavy atom. The molecule has 0 spiro atoms. The second-order valence-corrected chi connectivity index (χ2v) is 9.15. The maximum atomic E-state index is 12.4. The molecule has 0 unspecified atom stereocenters. The van der Waals surface area contributed by atoms with Gasteiger partial charge in [-0.2, -0.15) is 8.42 Å². The van der Waals surface area contributed by atoms with Gasteiger partial charge in [-0.25, -0.2) is 0 Å². The molecule has 22 heavy (non-hydrogen) atoms. The Kier molecular flexibility index (Phi) is 4.57. The fourth-order valence-corrected chi connectivity index (χ4v) is 4.60. The van der Waals surface area contributed by atoms with Crippen molar-refractivity contribution in [3.63, 3.8) is 0 Å². The molecule has 0 aliphatic carbocycles. The fraction of sp³-hybridized carbons (Fsp3) is 0.400. The number of rotatable bonds is 2. The van der Waals surface area contributed by atoms with Crippen molar-refractivity contribution in [2.75, 3.05) is 0 Å². The van der Waals surface area contributed by atoms with Crippen LogP contribution in [-0.4, -0.2) is 13.0 Å². The highest BCUT2D eigenvalue weighted by Gasteiger charge is 2.22. The van der Waals surface area contributed by atoms with Crippen molar-refractivity contribution in [1.29, 1.82) is 0 Å². The van der Waals surface area contributed by atoms with E-state index in [2.05, 4.69) is 25.2 Å². The molecule has 0 fully saturated rings. The molecule has 0 aliphatic rings. The van der Waals surface area contributed by atoms with Gasteiger partial charge in [0.2, 0.25) is 4.80 Å². The minimum absolute atomic E-state index is 0.0513. The highest BCUT2D eigenvalue weighted by molar-refractivity contribution is 7.90. The van der Waals surface area contributed by atoms with Crippen LogP contribution in [0.3, 0.4) is 0 Å². The lowest BCUT2D eigenvalue weighted by molar-refractivity contribution is 0.592. The van der Waals surface area contributed by atoms with Gasteiger partial charge in [-0.05, 0) is 36.6 Å². The number of sulfonamides is 1. The largest absolute Gasteiger partial charge is 0.323 e. The summed E-state index contributed by atoms with van der Waals surface area (Å²) in [5, 5.41) is 0.492. The van der Waals surface area contributed by atoms with E-state index in [1.807, 2.05) is 18.5 Å². The molecule has 4 nitrogen and oxygen atoms in total. The van der Waals surface area contributed by atoms with E-state index in [0.29, 0.717) is 9.82 Å². The lowest BCUT2D eigenvalue weighted by Crippen LogP contribution is -2.15. The van der Waals surface area contributed by atoms with Gasteiger partial charge in [0.15, 0.2) is 0 Å². The Labute approximate surface area is 140 Å². The number of halogens is 1. The summed E-state index contributed by atoms with van der Waals surface area (Å²) < 4.78 is 30.7. The molecule has 0 aliphatic heterocycles. The van der Waals surface area contributed by atoms with E-state index in [1.165, 1.54) is 23.5 Å². The second kappa shape index (κ2) is 5.83. The molecule has 0 atom stereocenters. The lowest BCUT2D eigenvalue weighted by Gasteiger charge is -2.17. The van der Waals surface area contributed by atoms with Crippen molar-refractivity contribution in [1.82, 2.24) is 4.57 Å². The summed E-state index contributed by atoms with van der Waals surface area (Å²) >= 11 is 7.20. The molecule has 7 heteroatoms. The van der Waals surface area contributed by atoms with Crippen molar-refractivity contribution in [2.24, 2.45) is 11.4 Å². The molecule has 0 amide bonds. The lowest BCUT2D eigenvalue weighted by atomic mass is 9.93. The normalized spacial score (nSPS) is 13.6. The average molecular weight is 359 g/mol. The molecule has 0 radical (unpaired) electrons. The molecule has 1 aromatic carbocycles. The van der Waals surface area contributed by atoms with Crippen molar-refractivity contribution in [2.45, 2.75) is 38.0 Å². The summed E-state index contributed by atoms with van der Waals surface area (Å²) in [6.45, 7) is 8.28. The van der Waals surface area contributed by atoms with Crippen LogP contribution in [0.5, 0.6) is 0 Å². The SMILES string of the molecule is Cc1c(C(C)(C)C)s/c(=N/S(=O)(=O)c2ccc(Cl)cc2)n1C. The van der Waals surface area contributed by atoms with Crippen LogP contribution in [0.25, 0.3) is 0 Å². The Morgan fingerprint density at radius 2 is 1.73 bits per heavy atom. The van der Waals surface area contributed by atoms with Crippen LogP contribution in [0.4, 0.5) is 0 Å². The van der Waals surface area contributed by atoms with Gasteiger partial charge in [-0.15, -0.1) is 15.7 Å². The number of aromatic nitrogens is 1. The van der Waals surface area contributed by atoms with Crippen molar-refractivity contribution < 1.29 is 8.42 Å². The summed E-state index contributed by atoms with van der Waals surface area (Å²) in [6, 6.07) is 6.02. The molecule has 2 rings (SSSR count). The van der Waals surface area contributed by atoms with Crippen LogP contribution < -0.4 is 4.80 Å². The molecular formula is C15H19ClN2O2S2. The zero-order valence-electron chi connectivity index (χ0n) is 13.2. The second-order valence-electron chi connectivity index (χ2n) is 6.13. The minimum Gasteiger partial charge on any atom is -0.323 e. The summed E-state index contributed by atoms with van der Waals surface area (Å²) in [7, 11) is -1.91. The summed E-state index contributed by atoms with van der Waals surface area (Å²) in [5.74, 6) is 0. The quantitative estimate of drug-likeness (QED) is 0.823. The first-order valence-corrected chi connectivity index (χ1v) is 9.39. The maximum absolute atomic E-state index is 12.4. The molecule has 0 saturated carbocycles. The fourth-order valence-electron chi connectivity index (χ4n) is 2.07. The van der Waals surface area contributed by atoms with Crippen LogP contribution in [-0.2, 0) is 22.5 Å². The van der Waals surface area contributed by atoms with Crippen LogP contribution in [0.1, 0.15) is 31.3 Å². The molecular weight excluding hydrogens is 340 g/mol. The van der Waals surface area contributed by atoms with Crippen LogP contribution in [0.2, 0.25) is 5.02 Å². The van der Waals surface area contributed by atoms with E-state index in [-0.39, 0.29) is 10.3 Å². The number of hydrogen-bond donors (Lipinski definition) is 0. The van der Waals surface area contributed by atoms with Crippen molar-refractivity contribution in [3.8, 4) is 0 Å². The monoisotopic (exact) mass is 358 g/mol. The third kappa shape index (κ3) is 3.45. The van der Waals surface area contributed by atoms with Gasteiger partial charge in [0.25, 0.3) is 10.0 Å². The Bertz CT molecular complexity index is 854. The van der Waals surface area contributed by atoms with Gasteiger partial charge >= 0.3 is 0 Å². The predicted octanol–water partition coefficient (Wildman–Crippen LogP) is 3.64. The van der Waals surface area contributed by atoms with Crippen LogP contribution in [0, 0.1) is 6.92 Å². The summed E-state index contributed by atoms with van der Waals surface area (Å²) in [5.41, 5.74) is 0.979. The first-order valence-electron chi connectivity index (χ1n) is 6.76. The molecule has 120 valence electrons. The number of benzene rings is 1. The number of hydrogen-bond acceptors (Lipinski definition) is 3. The Morgan fingerprint density at radius 1 is 1.18 bits per heavy atom. The van der Waals surface area contributed by atoms with Gasteiger partial charge in [-0.1, -0.05) is 32.4 Å². The van der Waals surface area contributed by atoms with E-state index in [9.17, 15) is 8.42 Å². The summed E-state index contributed by atoms with van der Waals surface area (Å²) in [6.07, 6.45) is 0. The third-order valence-electron chi connectivity index (χ3n) is 3.30. The predicted molar refractivity (Wildman–Crippen MR) is 90.9 cm³/mol. The molecule has 1 heterocycles. The van der Waals surface area contributed by atoms with Gasteiger partial charge in [0.05, 0.1) is 4.90 Å². The first kappa shape index (κ1) is 17.2. The van der Waals surface area contributed by atoms with E-state index in [1.54, 1.807) is 12.1 Å². The third-order valence-corrected chi connectivity index (χ3v) is 6.61. The molecule has 0 saturated heterocycles. The van der Waals surface area contributed by atoms with Crippen molar-refractivity contribution >= 4 is 33.0 Å². The smallest absolute Gasteiger partial charge is 0.285 e. The molecule has 0 bridgehead atoms. The highest BCUT2D eigenvalue weighted by Crippen LogP contribution is 2.28.